The highest BCUT2D eigenvalue weighted by molar-refractivity contribution is 5.83. The average molecular weight is 220 g/mol. The number of hydrogen-bond donors (Lipinski definition) is 1. The largest absolute Gasteiger partial charge is 0.481 e. The van der Waals surface area contributed by atoms with Crippen molar-refractivity contribution in [1.29, 1.82) is 0 Å². The number of likely N-dealkylation sites (N-methyl/N-ethyl adjacent to an activating group) is 1. The third kappa shape index (κ3) is 2.17. The van der Waals surface area contributed by atoms with E-state index >= 15 is 0 Å². The lowest BCUT2D eigenvalue weighted by molar-refractivity contribution is -0.132. The van der Waals surface area contributed by atoms with E-state index < -0.39 is 0 Å². The van der Waals surface area contributed by atoms with Crippen LogP contribution in [0, 0.1) is 0 Å². The van der Waals surface area contributed by atoms with Gasteiger partial charge in [-0.05, 0) is 17.7 Å². The first-order chi connectivity index (χ1) is 7.70. The van der Waals surface area contributed by atoms with Gasteiger partial charge in [0.25, 0.3) is 5.91 Å². The third-order valence-electron chi connectivity index (χ3n) is 2.82. The molecule has 4 nitrogen and oxygen atoms in total. The number of likely N-dealkylation sites (tertiary alicyclic amines) is 1. The number of nitrogens with two attached hydrogens (primary N) is 1. The molecule has 0 saturated carbocycles. The molecule has 1 aliphatic heterocycles. The minimum atomic E-state index is -0.325. The van der Waals surface area contributed by atoms with Crippen LogP contribution in [0.5, 0.6) is 5.75 Å². The highest BCUT2D eigenvalue weighted by Gasteiger charge is 2.30. The number of carbonyl (C=O) groups excluding carboxylic acids is 1. The van der Waals surface area contributed by atoms with Crippen molar-refractivity contribution in [2.24, 2.45) is 5.73 Å². The van der Waals surface area contributed by atoms with E-state index in [0.717, 1.165) is 24.3 Å². The molecule has 1 aromatic rings. The smallest absolute Gasteiger partial charge is 0.263 e. The first-order valence-electron chi connectivity index (χ1n) is 5.41. The molecule has 1 fully saturated rings. The minimum absolute atomic E-state index is 0.0582. The van der Waals surface area contributed by atoms with E-state index in [1.165, 1.54) is 0 Å². The Bertz CT molecular complexity index is 375. The number of ether oxygens (including phenoxy) is 1. The Kier molecular flexibility index (Phi) is 3.10. The number of amides is 1. The highest BCUT2D eigenvalue weighted by atomic mass is 16.5. The molecule has 1 atom stereocenters. The molecular weight excluding hydrogens is 204 g/mol. The average Bonchev–Trinajstić information content (AvgIpc) is 2.62. The van der Waals surface area contributed by atoms with Gasteiger partial charge in [-0.3, -0.25) is 4.79 Å². The SMILES string of the molecule is CN1CCC(Oc2ccc(CN)cc2)C1=O. The predicted octanol–water partition coefficient (Wildman–Crippen LogP) is 0.755. The first-order valence-corrected chi connectivity index (χ1v) is 5.41. The van der Waals surface area contributed by atoms with Crippen LogP contribution in [0.15, 0.2) is 24.3 Å². The summed E-state index contributed by atoms with van der Waals surface area (Å²) in [6.07, 6.45) is 0.433. The molecule has 0 radical (unpaired) electrons. The molecule has 4 heteroatoms. The van der Waals surface area contributed by atoms with Crippen LogP contribution in [-0.4, -0.2) is 30.5 Å². The lowest BCUT2D eigenvalue weighted by atomic mass is 10.2. The Hall–Kier alpha value is -1.55. The van der Waals surface area contributed by atoms with E-state index in [2.05, 4.69) is 0 Å². The van der Waals surface area contributed by atoms with E-state index in [-0.39, 0.29) is 12.0 Å². The molecule has 1 saturated heterocycles. The summed E-state index contributed by atoms with van der Waals surface area (Å²) in [5.74, 6) is 0.786. The fraction of sp³-hybridized carbons (Fsp3) is 0.417. The van der Waals surface area contributed by atoms with Gasteiger partial charge < -0.3 is 15.4 Å². The molecule has 1 aliphatic rings. The van der Waals surface area contributed by atoms with Crippen molar-refractivity contribution < 1.29 is 9.53 Å². The molecule has 1 unspecified atom stereocenters. The zero-order chi connectivity index (χ0) is 11.5. The van der Waals surface area contributed by atoms with Crippen molar-refractivity contribution in [1.82, 2.24) is 4.90 Å². The number of hydrogen-bond acceptors (Lipinski definition) is 3. The molecule has 0 aromatic heterocycles. The van der Waals surface area contributed by atoms with Crippen molar-refractivity contribution >= 4 is 5.91 Å². The Morgan fingerprint density at radius 3 is 2.62 bits per heavy atom. The standard InChI is InChI=1S/C12H16N2O2/c1-14-7-6-11(12(14)15)16-10-4-2-9(8-13)3-5-10/h2-5,11H,6-8,13H2,1H3. The van der Waals surface area contributed by atoms with Crippen LogP contribution >= 0.6 is 0 Å². The molecule has 1 aromatic carbocycles. The topological polar surface area (TPSA) is 55.6 Å². The molecule has 0 spiro atoms. The number of rotatable bonds is 3. The molecule has 2 rings (SSSR count). The quantitative estimate of drug-likeness (QED) is 0.818. The third-order valence-corrected chi connectivity index (χ3v) is 2.82. The van der Waals surface area contributed by atoms with Gasteiger partial charge in [0.1, 0.15) is 5.75 Å². The maximum atomic E-state index is 11.6. The van der Waals surface area contributed by atoms with Gasteiger partial charge >= 0.3 is 0 Å². The van der Waals surface area contributed by atoms with Gasteiger partial charge in [-0.1, -0.05) is 12.1 Å². The Morgan fingerprint density at radius 1 is 1.44 bits per heavy atom. The number of nitrogens with zero attached hydrogens (tertiary/aromatic N) is 1. The van der Waals surface area contributed by atoms with Gasteiger partial charge in [-0.15, -0.1) is 0 Å². The Labute approximate surface area is 95.0 Å². The van der Waals surface area contributed by atoms with Crippen molar-refractivity contribution in [2.75, 3.05) is 13.6 Å². The van der Waals surface area contributed by atoms with Crippen LogP contribution in [0.4, 0.5) is 0 Å². The van der Waals surface area contributed by atoms with Crippen LogP contribution < -0.4 is 10.5 Å². The summed E-state index contributed by atoms with van der Waals surface area (Å²) in [6, 6.07) is 7.54. The van der Waals surface area contributed by atoms with Crippen LogP contribution in [0.1, 0.15) is 12.0 Å². The lowest BCUT2D eigenvalue weighted by Gasteiger charge is -2.13. The zero-order valence-corrected chi connectivity index (χ0v) is 9.35. The highest BCUT2D eigenvalue weighted by Crippen LogP contribution is 2.19. The van der Waals surface area contributed by atoms with Crippen molar-refractivity contribution in [3.63, 3.8) is 0 Å². The minimum Gasteiger partial charge on any atom is -0.481 e. The van der Waals surface area contributed by atoms with Crippen LogP contribution in [0.2, 0.25) is 0 Å². The van der Waals surface area contributed by atoms with Crippen LogP contribution in [0.25, 0.3) is 0 Å². The van der Waals surface area contributed by atoms with Crippen LogP contribution in [0.3, 0.4) is 0 Å². The molecular formula is C12H16N2O2. The van der Waals surface area contributed by atoms with Crippen molar-refractivity contribution in [2.45, 2.75) is 19.1 Å². The van der Waals surface area contributed by atoms with Gasteiger partial charge in [0, 0.05) is 26.6 Å². The second-order valence-electron chi connectivity index (χ2n) is 4.00. The van der Waals surface area contributed by atoms with Gasteiger partial charge in [-0.2, -0.15) is 0 Å². The summed E-state index contributed by atoms with van der Waals surface area (Å²) < 4.78 is 5.63. The molecule has 16 heavy (non-hydrogen) atoms. The normalized spacial score (nSPS) is 20.2. The second kappa shape index (κ2) is 4.53. The summed E-state index contributed by atoms with van der Waals surface area (Å²) in [5, 5.41) is 0. The van der Waals surface area contributed by atoms with Crippen molar-refractivity contribution in [3.8, 4) is 5.75 Å². The fourth-order valence-electron chi connectivity index (χ4n) is 1.77. The summed E-state index contributed by atoms with van der Waals surface area (Å²) >= 11 is 0. The molecule has 86 valence electrons. The summed E-state index contributed by atoms with van der Waals surface area (Å²) in [5.41, 5.74) is 6.56. The van der Waals surface area contributed by atoms with E-state index in [4.69, 9.17) is 10.5 Å². The number of benzene rings is 1. The lowest BCUT2D eigenvalue weighted by Crippen LogP contribution is -2.29. The van der Waals surface area contributed by atoms with E-state index in [1.807, 2.05) is 24.3 Å². The first kappa shape index (κ1) is 11.0. The monoisotopic (exact) mass is 220 g/mol. The predicted molar refractivity (Wildman–Crippen MR) is 61.0 cm³/mol. The van der Waals surface area contributed by atoms with E-state index in [0.29, 0.717) is 6.54 Å². The molecule has 0 bridgehead atoms. The molecule has 1 heterocycles. The molecule has 0 aliphatic carbocycles. The van der Waals surface area contributed by atoms with Gasteiger partial charge in [0.15, 0.2) is 6.10 Å². The second-order valence-corrected chi connectivity index (χ2v) is 4.00. The maximum Gasteiger partial charge on any atom is 0.263 e. The summed E-state index contributed by atoms with van der Waals surface area (Å²) in [6.45, 7) is 1.29. The Balaban J connectivity index is 2.01. The zero-order valence-electron chi connectivity index (χ0n) is 9.35. The summed E-state index contributed by atoms with van der Waals surface area (Å²) in [7, 11) is 1.79. The molecule has 2 N–H and O–H groups in total. The number of carbonyl (C=O) groups is 1. The summed E-state index contributed by atoms with van der Waals surface area (Å²) in [4.78, 5) is 13.3. The van der Waals surface area contributed by atoms with E-state index in [1.54, 1.807) is 11.9 Å². The van der Waals surface area contributed by atoms with Gasteiger partial charge in [0.2, 0.25) is 0 Å². The van der Waals surface area contributed by atoms with Gasteiger partial charge in [-0.25, -0.2) is 0 Å². The van der Waals surface area contributed by atoms with Crippen molar-refractivity contribution in [3.05, 3.63) is 29.8 Å². The van der Waals surface area contributed by atoms with Gasteiger partial charge in [0.05, 0.1) is 0 Å². The van der Waals surface area contributed by atoms with Crippen LogP contribution in [-0.2, 0) is 11.3 Å². The fourth-order valence-corrected chi connectivity index (χ4v) is 1.77. The maximum absolute atomic E-state index is 11.6. The molecule has 1 amide bonds. The Morgan fingerprint density at radius 2 is 2.12 bits per heavy atom. The van der Waals surface area contributed by atoms with E-state index in [9.17, 15) is 4.79 Å².